The maximum atomic E-state index is 5.99. The summed E-state index contributed by atoms with van der Waals surface area (Å²) < 4.78 is 5.99. The predicted molar refractivity (Wildman–Crippen MR) is 101 cm³/mol. The topological polar surface area (TPSA) is 33.3 Å². The van der Waals surface area contributed by atoms with Gasteiger partial charge in [0.15, 0.2) is 0 Å². The third-order valence-corrected chi connectivity index (χ3v) is 4.69. The lowest BCUT2D eigenvalue weighted by Crippen LogP contribution is -2.31. The molecule has 1 aliphatic rings. The van der Waals surface area contributed by atoms with Gasteiger partial charge in [-0.25, -0.2) is 0 Å². The highest BCUT2D eigenvalue weighted by atomic mass is 16.5. The molecule has 0 bridgehead atoms. The van der Waals surface area contributed by atoms with E-state index in [-0.39, 0.29) is 6.10 Å². The Kier molecular flexibility index (Phi) is 5.41. The lowest BCUT2D eigenvalue weighted by molar-refractivity contribution is 0.202. The van der Waals surface area contributed by atoms with Gasteiger partial charge in [-0.1, -0.05) is 43.3 Å². The molecule has 24 heavy (non-hydrogen) atoms. The van der Waals surface area contributed by atoms with Gasteiger partial charge in [0.1, 0.15) is 11.9 Å². The quantitative estimate of drug-likeness (QED) is 0.818. The first-order valence-electron chi connectivity index (χ1n) is 9.00. The zero-order valence-electron chi connectivity index (χ0n) is 14.9. The Morgan fingerprint density at radius 1 is 1.17 bits per heavy atom. The molecule has 0 aromatic heterocycles. The molecule has 3 atom stereocenters. The highest BCUT2D eigenvalue weighted by Gasteiger charge is 2.18. The van der Waals surface area contributed by atoms with E-state index < -0.39 is 0 Å². The van der Waals surface area contributed by atoms with Crippen molar-refractivity contribution in [2.75, 3.05) is 11.9 Å². The van der Waals surface area contributed by atoms with Crippen molar-refractivity contribution in [2.45, 2.75) is 51.8 Å². The fourth-order valence-electron chi connectivity index (χ4n) is 3.29. The van der Waals surface area contributed by atoms with Crippen molar-refractivity contribution >= 4 is 5.69 Å². The van der Waals surface area contributed by atoms with Gasteiger partial charge in [0.25, 0.3) is 0 Å². The summed E-state index contributed by atoms with van der Waals surface area (Å²) in [6, 6.07) is 17.9. The second-order valence-corrected chi connectivity index (χ2v) is 6.76. The summed E-state index contributed by atoms with van der Waals surface area (Å²) in [7, 11) is 0. The second-order valence-electron chi connectivity index (χ2n) is 6.76. The molecule has 128 valence electrons. The van der Waals surface area contributed by atoms with Gasteiger partial charge >= 0.3 is 0 Å². The Balaban J connectivity index is 1.60. The molecule has 0 fully saturated rings. The number of rotatable bonds is 6. The third-order valence-electron chi connectivity index (χ3n) is 4.69. The molecule has 3 heteroatoms. The van der Waals surface area contributed by atoms with Gasteiger partial charge in [-0.15, -0.1) is 0 Å². The van der Waals surface area contributed by atoms with E-state index in [1.807, 2.05) is 0 Å². The lowest BCUT2D eigenvalue weighted by atomic mass is 10.0. The zero-order valence-corrected chi connectivity index (χ0v) is 14.9. The van der Waals surface area contributed by atoms with E-state index in [4.69, 9.17) is 4.74 Å². The van der Waals surface area contributed by atoms with Crippen molar-refractivity contribution in [3.63, 3.8) is 0 Å². The van der Waals surface area contributed by atoms with Crippen molar-refractivity contribution in [1.29, 1.82) is 0 Å². The van der Waals surface area contributed by atoms with Crippen molar-refractivity contribution in [3.8, 4) is 5.75 Å². The van der Waals surface area contributed by atoms with Crippen LogP contribution < -0.4 is 15.4 Å². The van der Waals surface area contributed by atoms with Crippen LogP contribution in [0.3, 0.4) is 0 Å². The minimum Gasteiger partial charge on any atom is -0.486 e. The monoisotopic (exact) mass is 324 g/mol. The number of fused-ring (bicyclic) bond motifs is 1. The van der Waals surface area contributed by atoms with Crippen LogP contribution in [-0.2, 0) is 6.42 Å². The standard InChI is InChI=1S/C21H28N2O/c1-4-19-14-22-20-13-17(10-11-21(20)24-19)12-15(2)23-16(3)18-8-6-5-7-9-18/h5-11,13,15-16,19,22-23H,4,12,14H2,1-3H3. The van der Waals surface area contributed by atoms with Gasteiger partial charge in [-0.3, -0.25) is 0 Å². The summed E-state index contributed by atoms with van der Waals surface area (Å²) in [6.45, 7) is 7.52. The van der Waals surface area contributed by atoms with Gasteiger partial charge in [0, 0.05) is 12.1 Å². The number of nitrogens with one attached hydrogen (secondary N) is 2. The smallest absolute Gasteiger partial charge is 0.142 e. The number of hydrogen-bond donors (Lipinski definition) is 2. The molecule has 2 N–H and O–H groups in total. The van der Waals surface area contributed by atoms with Crippen LogP contribution in [0.5, 0.6) is 5.75 Å². The molecule has 1 aliphatic heterocycles. The summed E-state index contributed by atoms with van der Waals surface area (Å²) in [5.41, 5.74) is 3.79. The Morgan fingerprint density at radius 2 is 1.96 bits per heavy atom. The third kappa shape index (κ3) is 4.09. The minimum absolute atomic E-state index is 0.288. The molecule has 0 spiro atoms. The summed E-state index contributed by atoms with van der Waals surface area (Å²) in [5.74, 6) is 0.982. The molecule has 0 saturated heterocycles. The largest absolute Gasteiger partial charge is 0.486 e. The number of benzene rings is 2. The van der Waals surface area contributed by atoms with Crippen molar-refractivity contribution < 1.29 is 4.74 Å². The summed E-state index contributed by atoms with van der Waals surface area (Å²) in [5, 5.41) is 7.19. The summed E-state index contributed by atoms with van der Waals surface area (Å²) in [6.07, 6.45) is 2.33. The van der Waals surface area contributed by atoms with Gasteiger partial charge in [0.05, 0.1) is 12.2 Å². The Hall–Kier alpha value is -2.00. The minimum atomic E-state index is 0.288. The number of ether oxygens (including phenoxy) is 1. The zero-order chi connectivity index (χ0) is 16.9. The highest BCUT2D eigenvalue weighted by molar-refractivity contribution is 5.59. The average molecular weight is 324 g/mol. The van der Waals surface area contributed by atoms with Crippen LogP contribution in [0.15, 0.2) is 48.5 Å². The fourth-order valence-corrected chi connectivity index (χ4v) is 3.29. The Morgan fingerprint density at radius 3 is 2.71 bits per heavy atom. The summed E-state index contributed by atoms with van der Waals surface area (Å²) >= 11 is 0. The predicted octanol–water partition coefficient (Wildman–Crippen LogP) is 4.55. The average Bonchev–Trinajstić information content (AvgIpc) is 2.61. The van der Waals surface area contributed by atoms with E-state index in [2.05, 4.69) is 79.9 Å². The lowest BCUT2D eigenvalue weighted by Gasteiger charge is -2.27. The van der Waals surface area contributed by atoms with Crippen LogP contribution in [0.2, 0.25) is 0 Å². The first kappa shape index (κ1) is 16.8. The van der Waals surface area contributed by atoms with Gasteiger partial charge in [0.2, 0.25) is 0 Å². The Bertz CT molecular complexity index is 656. The van der Waals surface area contributed by atoms with Crippen LogP contribution in [-0.4, -0.2) is 18.7 Å². The van der Waals surface area contributed by atoms with E-state index >= 15 is 0 Å². The molecule has 0 amide bonds. The van der Waals surface area contributed by atoms with Crippen LogP contribution >= 0.6 is 0 Å². The fraction of sp³-hybridized carbons (Fsp3) is 0.429. The van der Waals surface area contributed by atoms with Crippen molar-refractivity contribution in [3.05, 3.63) is 59.7 Å². The van der Waals surface area contributed by atoms with Crippen molar-refractivity contribution in [1.82, 2.24) is 5.32 Å². The van der Waals surface area contributed by atoms with Crippen molar-refractivity contribution in [2.24, 2.45) is 0 Å². The molecule has 1 heterocycles. The SMILES string of the molecule is CCC1CNc2cc(CC(C)NC(C)c3ccccc3)ccc2O1. The highest BCUT2D eigenvalue weighted by Crippen LogP contribution is 2.31. The molecule has 3 unspecified atom stereocenters. The van der Waals surface area contributed by atoms with E-state index in [0.29, 0.717) is 12.1 Å². The van der Waals surface area contributed by atoms with Gasteiger partial charge < -0.3 is 15.4 Å². The molecule has 0 radical (unpaired) electrons. The molecule has 0 saturated carbocycles. The molecule has 3 rings (SSSR count). The van der Waals surface area contributed by atoms with Crippen LogP contribution in [0.4, 0.5) is 5.69 Å². The second kappa shape index (κ2) is 7.71. The molecule has 2 aromatic rings. The first-order valence-corrected chi connectivity index (χ1v) is 9.00. The molecule has 0 aliphatic carbocycles. The summed E-state index contributed by atoms with van der Waals surface area (Å²) in [4.78, 5) is 0. The van der Waals surface area contributed by atoms with E-state index in [1.165, 1.54) is 11.1 Å². The molecular weight excluding hydrogens is 296 g/mol. The van der Waals surface area contributed by atoms with E-state index in [1.54, 1.807) is 0 Å². The van der Waals surface area contributed by atoms with Gasteiger partial charge in [-0.05, 0) is 49.9 Å². The Labute approximate surface area is 145 Å². The molecular formula is C21H28N2O. The molecule has 2 aromatic carbocycles. The first-order chi connectivity index (χ1) is 11.7. The number of anilines is 1. The number of hydrogen-bond acceptors (Lipinski definition) is 3. The maximum Gasteiger partial charge on any atom is 0.142 e. The normalized spacial score (nSPS) is 18.9. The van der Waals surface area contributed by atoms with Crippen LogP contribution in [0, 0.1) is 0 Å². The molecule has 3 nitrogen and oxygen atoms in total. The van der Waals surface area contributed by atoms with Gasteiger partial charge in [-0.2, -0.15) is 0 Å². The van der Waals surface area contributed by atoms with E-state index in [0.717, 1.165) is 30.8 Å². The maximum absolute atomic E-state index is 5.99. The van der Waals surface area contributed by atoms with E-state index in [9.17, 15) is 0 Å². The van der Waals surface area contributed by atoms with Crippen LogP contribution in [0.1, 0.15) is 44.4 Å². The van der Waals surface area contributed by atoms with Crippen LogP contribution in [0.25, 0.3) is 0 Å².